The number of hydrogen-bond acceptors (Lipinski definition) is 14. The van der Waals surface area contributed by atoms with Crippen LogP contribution in [0.25, 0.3) is 6.08 Å². The Morgan fingerprint density at radius 3 is 2.37 bits per heavy atom. The van der Waals surface area contributed by atoms with Gasteiger partial charge in [-0.3, -0.25) is 19.7 Å². The van der Waals surface area contributed by atoms with Crippen molar-refractivity contribution in [2.75, 3.05) is 53.3 Å². The lowest BCUT2D eigenvalue weighted by Gasteiger charge is -2.60. The number of oxime groups is 1. The van der Waals surface area contributed by atoms with E-state index in [4.69, 9.17) is 33.7 Å². The van der Waals surface area contributed by atoms with E-state index >= 15 is 0 Å². The number of nitrogens with zero attached hydrogens (tertiary/aromatic N) is 3. The predicted molar refractivity (Wildman–Crippen MR) is 256 cm³/mol. The van der Waals surface area contributed by atoms with Crippen LogP contribution in [0.15, 0.2) is 96.2 Å². The summed E-state index contributed by atoms with van der Waals surface area (Å²) in [4.78, 5) is 45.7. The predicted octanol–water partition coefficient (Wildman–Crippen LogP) is 8.19. The fourth-order valence-corrected chi connectivity index (χ4v) is 9.63. The molecule has 3 N–H and O–H groups in total. The summed E-state index contributed by atoms with van der Waals surface area (Å²) in [5.41, 5.74) is 2.41. The maximum atomic E-state index is 14.9. The molecular weight excluding hydrogens is 875 g/mol. The molecular formula is C52H65N3O13. The number of aliphatic hydroxyl groups excluding tert-OH is 3. The Hall–Kier alpha value is -5.91. The van der Waals surface area contributed by atoms with E-state index in [1.807, 2.05) is 32.9 Å². The molecule has 0 saturated heterocycles. The first-order chi connectivity index (χ1) is 32.8. The summed E-state index contributed by atoms with van der Waals surface area (Å²) >= 11 is 0. The molecule has 366 valence electrons. The molecule has 16 heteroatoms. The Morgan fingerprint density at radius 1 is 0.985 bits per heavy atom. The van der Waals surface area contributed by atoms with Crippen LogP contribution in [0, 0.1) is 27.9 Å². The van der Waals surface area contributed by atoms with E-state index in [0.717, 1.165) is 30.4 Å². The van der Waals surface area contributed by atoms with E-state index in [0.29, 0.717) is 65.4 Å². The van der Waals surface area contributed by atoms with Gasteiger partial charge in [-0.15, -0.1) is 6.58 Å². The second-order valence-corrected chi connectivity index (χ2v) is 18.1. The van der Waals surface area contributed by atoms with Gasteiger partial charge in [-0.05, 0) is 124 Å². The molecule has 0 spiro atoms. The zero-order valence-electron chi connectivity index (χ0n) is 39.4. The maximum absolute atomic E-state index is 14.9. The standard InChI is InChI=1S/C52H65N3O13/c1-6-27-65-52-47(54(23-28-64-29-26-58)48(60)22-15-35-13-16-38(17-14-35)55(61)62)33-44(53-68-51(2,3)4)42-31-36(11-7-9-24-56)41(12-8-10-25-57)49(50(42)52)43-32-40(19-21-46(43)67-52)66-39-18-20-45(63-5)37(30-39)34-59/h6,13-22,30-32,34,36,41,47,49-50,56-58H,1,7-12,23-29,33H2,2-5H3/t36-,41+,47-,49+,50+,52+/m0/s1. The summed E-state index contributed by atoms with van der Waals surface area (Å²) in [6.07, 6.45) is 11.9. The van der Waals surface area contributed by atoms with Crippen LogP contribution in [0.5, 0.6) is 23.0 Å². The number of ether oxygens (including phenoxy) is 5. The minimum atomic E-state index is -1.57. The molecule has 3 aromatic rings. The van der Waals surface area contributed by atoms with Crippen LogP contribution < -0.4 is 14.2 Å². The van der Waals surface area contributed by atoms with Crippen LogP contribution in [-0.2, 0) is 19.1 Å². The van der Waals surface area contributed by atoms with Gasteiger partial charge in [0.25, 0.3) is 5.69 Å². The molecule has 1 saturated carbocycles. The summed E-state index contributed by atoms with van der Waals surface area (Å²) in [5, 5.41) is 45.9. The van der Waals surface area contributed by atoms with Crippen molar-refractivity contribution in [3.05, 3.63) is 118 Å². The smallest absolute Gasteiger partial charge is 0.269 e. The van der Waals surface area contributed by atoms with Gasteiger partial charge in [-0.1, -0.05) is 30.1 Å². The van der Waals surface area contributed by atoms with Gasteiger partial charge in [0, 0.05) is 55.9 Å². The monoisotopic (exact) mass is 939 g/mol. The lowest BCUT2D eigenvalue weighted by molar-refractivity contribution is -0.384. The number of methoxy groups -OCH3 is 1. The third kappa shape index (κ3) is 12.2. The number of benzene rings is 3. The highest BCUT2D eigenvalue weighted by molar-refractivity contribution is 6.03. The lowest BCUT2D eigenvalue weighted by Crippen LogP contribution is -2.70. The van der Waals surface area contributed by atoms with Gasteiger partial charge in [0.2, 0.25) is 11.7 Å². The van der Waals surface area contributed by atoms with Crippen molar-refractivity contribution in [3.8, 4) is 23.0 Å². The molecule has 1 amide bonds. The van der Waals surface area contributed by atoms with Crippen LogP contribution in [0.1, 0.15) is 93.1 Å². The van der Waals surface area contributed by atoms with E-state index < -0.39 is 34.2 Å². The largest absolute Gasteiger partial charge is 0.496 e. The van der Waals surface area contributed by atoms with Crippen LogP contribution in [0.4, 0.5) is 5.69 Å². The van der Waals surface area contributed by atoms with Gasteiger partial charge in [0.15, 0.2) is 6.29 Å². The van der Waals surface area contributed by atoms with Crippen LogP contribution >= 0.6 is 0 Å². The Morgan fingerprint density at radius 2 is 1.71 bits per heavy atom. The molecule has 1 heterocycles. The normalized spacial score (nSPS) is 22.4. The average molecular weight is 940 g/mol. The van der Waals surface area contributed by atoms with Gasteiger partial charge in [0.05, 0.1) is 55.7 Å². The second kappa shape index (κ2) is 23.9. The summed E-state index contributed by atoms with van der Waals surface area (Å²) < 4.78 is 32.0. The van der Waals surface area contributed by atoms with E-state index in [1.54, 1.807) is 53.5 Å². The highest BCUT2D eigenvalue weighted by atomic mass is 16.7. The Kier molecular flexibility index (Phi) is 18.1. The summed E-state index contributed by atoms with van der Waals surface area (Å²) in [7, 11) is 1.49. The number of nitro benzene ring substituents is 1. The van der Waals surface area contributed by atoms with E-state index in [-0.39, 0.29) is 76.0 Å². The SMILES string of the molecule is C=CCO[C@@]12Oc3ccc(Oc4ccc(OC)c(C=O)c4)cc3[C@H]3[C@H](CCCCO)[C@@H](CCCCO)C=C(C(=NOC(C)(C)C)C[C@@H]1N(CCOCCO)C(=O)C=Cc1ccc([N+](=O)[O-])cc1)[C@H]32. The van der Waals surface area contributed by atoms with Crippen molar-refractivity contribution in [2.45, 2.75) is 89.1 Å². The molecule has 0 radical (unpaired) electrons. The number of unbranched alkanes of at least 4 members (excludes halogenated alkanes) is 2. The maximum Gasteiger partial charge on any atom is 0.269 e. The molecule has 3 aliphatic rings. The Bertz CT molecular complexity index is 2310. The summed E-state index contributed by atoms with van der Waals surface area (Å²) in [6.45, 7) is 9.77. The molecule has 0 aromatic heterocycles. The number of amides is 1. The topological polar surface area (TPSA) is 209 Å². The second-order valence-electron chi connectivity index (χ2n) is 18.1. The first-order valence-corrected chi connectivity index (χ1v) is 23.3. The van der Waals surface area contributed by atoms with Crippen molar-refractivity contribution >= 4 is 29.7 Å². The molecule has 3 aromatic carbocycles. The number of rotatable bonds is 25. The lowest BCUT2D eigenvalue weighted by atomic mass is 9.55. The molecule has 6 atom stereocenters. The minimum absolute atomic E-state index is 0.0218. The van der Waals surface area contributed by atoms with Crippen LogP contribution in [0.3, 0.4) is 0 Å². The number of aliphatic hydroxyl groups is 3. The minimum Gasteiger partial charge on any atom is -0.496 e. The fourth-order valence-electron chi connectivity index (χ4n) is 9.63. The third-order valence-corrected chi connectivity index (χ3v) is 12.5. The molecule has 1 fully saturated rings. The molecule has 1 aliphatic heterocycles. The van der Waals surface area contributed by atoms with Gasteiger partial charge < -0.3 is 48.7 Å². The zero-order valence-corrected chi connectivity index (χ0v) is 39.4. The van der Waals surface area contributed by atoms with Gasteiger partial charge in [-0.2, -0.15) is 0 Å². The third-order valence-electron chi connectivity index (χ3n) is 12.5. The van der Waals surface area contributed by atoms with Gasteiger partial charge >= 0.3 is 0 Å². The highest BCUT2D eigenvalue weighted by Crippen LogP contribution is 2.62. The van der Waals surface area contributed by atoms with Crippen molar-refractivity contribution in [2.24, 2.45) is 22.9 Å². The molecule has 16 nitrogen and oxygen atoms in total. The number of allylic oxidation sites excluding steroid dienone is 1. The van der Waals surface area contributed by atoms with E-state index in [1.165, 1.54) is 25.3 Å². The highest BCUT2D eigenvalue weighted by Gasteiger charge is 2.65. The first-order valence-electron chi connectivity index (χ1n) is 23.3. The number of carbonyl (C=O) groups is 2. The number of carbonyl (C=O) groups excluding carboxylic acids is 2. The Balaban J connectivity index is 1.59. The molecule has 6 rings (SSSR count). The van der Waals surface area contributed by atoms with Crippen molar-refractivity contribution in [3.63, 3.8) is 0 Å². The first kappa shape index (κ1) is 51.5. The summed E-state index contributed by atoms with van der Waals surface area (Å²) in [6, 6.07) is 15.6. The molecule has 0 bridgehead atoms. The number of aldehydes is 1. The van der Waals surface area contributed by atoms with E-state index in [2.05, 4.69) is 12.7 Å². The Labute approximate surface area is 398 Å². The van der Waals surface area contributed by atoms with Gasteiger partial charge in [0.1, 0.15) is 34.6 Å². The number of non-ortho nitro benzene ring substituents is 1. The van der Waals surface area contributed by atoms with Gasteiger partial charge in [-0.25, -0.2) is 0 Å². The number of nitro groups is 1. The van der Waals surface area contributed by atoms with Crippen molar-refractivity contribution in [1.29, 1.82) is 0 Å². The molecule has 68 heavy (non-hydrogen) atoms. The number of hydrogen-bond donors (Lipinski definition) is 3. The van der Waals surface area contributed by atoms with Crippen LogP contribution in [0.2, 0.25) is 0 Å². The zero-order chi connectivity index (χ0) is 48.8. The van der Waals surface area contributed by atoms with Crippen molar-refractivity contribution < 1.29 is 58.4 Å². The fraction of sp³-hybridized carbons (Fsp3) is 0.481. The quantitative estimate of drug-likeness (QED) is 0.0183. The average Bonchev–Trinajstić information content (AvgIpc) is 3.33. The van der Waals surface area contributed by atoms with Crippen molar-refractivity contribution in [1.82, 2.24) is 4.90 Å². The summed E-state index contributed by atoms with van der Waals surface area (Å²) in [5.74, 6) is -1.23. The van der Waals surface area contributed by atoms with Crippen LogP contribution in [-0.4, -0.2) is 114 Å². The number of fused-ring (bicyclic) bond motifs is 2. The molecule has 2 aliphatic carbocycles. The van der Waals surface area contributed by atoms with E-state index in [9.17, 15) is 35.0 Å². The molecule has 0 unspecified atom stereocenters.